The van der Waals surface area contributed by atoms with Gasteiger partial charge in [0.25, 0.3) is 0 Å². The third-order valence-corrected chi connectivity index (χ3v) is 4.45. The van der Waals surface area contributed by atoms with Crippen LogP contribution in [0, 0.1) is 0 Å². The van der Waals surface area contributed by atoms with Gasteiger partial charge in [-0.3, -0.25) is 0 Å². The molecule has 0 bridgehead atoms. The topological polar surface area (TPSA) is 28.2 Å². The number of aromatic nitrogens is 1. The maximum atomic E-state index is 4.90. The van der Waals surface area contributed by atoms with Crippen molar-refractivity contribution in [3.63, 3.8) is 0 Å². The molecule has 0 aliphatic carbocycles. The average molecular weight is 269 g/mol. The summed E-state index contributed by atoms with van der Waals surface area (Å²) in [5.74, 6) is 0.546. The zero-order chi connectivity index (χ0) is 13.7. The number of rotatable bonds is 7. The standard InChI is InChI=1S/C14H27N3S/c1-7-11(5)13-12(9-15-6)18-14(16-13)17(8-2)10(3)4/h10-11,15H,7-9H2,1-6H3. The van der Waals surface area contributed by atoms with Crippen molar-refractivity contribution >= 4 is 16.5 Å². The summed E-state index contributed by atoms with van der Waals surface area (Å²) in [7, 11) is 2.00. The van der Waals surface area contributed by atoms with Crippen molar-refractivity contribution in [1.82, 2.24) is 10.3 Å². The Bertz CT molecular complexity index is 360. The summed E-state index contributed by atoms with van der Waals surface area (Å²) in [6, 6.07) is 0.508. The van der Waals surface area contributed by atoms with Gasteiger partial charge in [0.15, 0.2) is 5.13 Å². The van der Waals surface area contributed by atoms with Crippen LogP contribution in [0.15, 0.2) is 0 Å². The molecule has 0 aliphatic heterocycles. The maximum absolute atomic E-state index is 4.90. The van der Waals surface area contributed by atoms with Crippen molar-refractivity contribution in [2.75, 3.05) is 18.5 Å². The van der Waals surface area contributed by atoms with Gasteiger partial charge in [0, 0.05) is 24.0 Å². The quantitative estimate of drug-likeness (QED) is 0.819. The van der Waals surface area contributed by atoms with Gasteiger partial charge in [-0.1, -0.05) is 13.8 Å². The van der Waals surface area contributed by atoms with Gasteiger partial charge in [-0.05, 0) is 40.2 Å². The largest absolute Gasteiger partial charge is 0.346 e. The van der Waals surface area contributed by atoms with Crippen LogP contribution in [0.25, 0.3) is 0 Å². The number of anilines is 1. The van der Waals surface area contributed by atoms with Gasteiger partial charge in [-0.15, -0.1) is 11.3 Å². The van der Waals surface area contributed by atoms with Crippen LogP contribution in [0.3, 0.4) is 0 Å². The summed E-state index contributed by atoms with van der Waals surface area (Å²) in [5, 5.41) is 4.43. The van der Waals surface area contributed by atoms with E-state index in [-0.39, 0.29) is 0 Å². The SMILES string of the molecule is CCC(C)c1nc(N(CC)C(C)C)sc1CNC. The molecule has 0 radical (unpaired) electrons. The molecule has 1 aromatic heterocycles. The third-order valence-electron chi connectivity index (χ3n) is 3.34. The third kappa shape index (κ3) is 3.45. The van der Waals surface area contributed by atoms with Crippen molar-refractivity contribution in [3.05, 3.63) is 10.6 Å². The Morgan fingerprint density at radius 2 is 1.94 bits per heavy atom. The number of hydrogen-bond acceptors (Lipinski definition) is 4. The van der Waals surface area contributed by atoms with Gasteiger partial charge >= 0.3 is 0 Å². The van der Waals surface area contributed by atoms with Crippen LogP contribution in [-0.2, 0) is 6.54 Å². The molecule has 1 aromatic rings. The molecule has 18 heavy (non-hydrogen) atoms. The summed E-state index contributed by atoms with van der Waals surface area (Å²) in [5.41, 5.74) is 1.28. The minimum atomic E-state index is 0.508. The Kier molecular flexibility index (Phi) is 6.09. The number of hydrogen-bond donors (Lipinski definition) is 1. The lowest BCUT2D eigenvalue weighted by molar-refractivity contribution is 0.676. The molecule has 0 aliphatic rings. The van der Waals surface area contributed by atoms with Crippen LogP contribution in [0.4, 0.5) is 5.13 Å². The predicted molar refractivity (Wildman–Crippen MR) is 81.7 cm³/mol. The van der Waals surface area contributed by atoms with Crippen molar-refractivity contribution in [2.45, 2.75) is 59.5 Å². The highest BCUT2D eigenvalue weighted by molar-refractivity contribution is 7.15. The fraction of sp³-hybridized carbons (Fsp3) is 0.786. The molecule has 0 spiro atoms. The summed E-state index contributed by atoms with van der Waals surface area (Å²) in [4.78, 5) is 8.66. The van der Waals surface area contributed by atoms with Gasteiger partial charge in [-0.25, -0.2) is 4.98 Å². The van der Waals surface area contributed by atoms with Gasteiger partial charge in [0.05, 0.1) is 5.69 Å². The van der Waals surface area contributed by atoms with Crippen molar-refractivity contribution in [1.29, 1.82) is 0 Å². The molecule has 1 atom stereocenters. The smallest absolute Gasteiger partial charge is 0.186 e. The van der Waals surface area contributed by atoms with Crippen LogP contribution in [0.2, 0.25) is 0 Å². The Labute approximate surface area is 116 Å². The zero-order valence-electron chi connectivity index (χ0n) is 12.6. The second kappa shape index (κ2) is 7.10. The van der Waals surface area contributed by atoms with Crippen molar-refractivity contribution in [3.8, 4) is 0 Å². The Hall–Kier alpha value is -0.610. The van der Waals surface area contributed by atoms with Crippen LogP contribution < -0.4 is 10.2 Å². The molecule has 0 saturated heterocycles. The summed E-state index contributed by atoms with van der Waals surface area (Å²) >= 11 is 1.84. The van der Waals surface area contributed by atoms with Crippen LogP contribution >= 0.6 is 11.3 Å². The van der Waals surface area contributed by atoms with Crippen LogP contribution in [0.5, 0.6) is 0 Å². The van der Waals surface area contributed by atoms with Crippen molar-refractivity contribution in [2.24, 2.45) is 0 Å². The van der Waals surface area contributed by atoms with E-state index in [1.54, 1.807) is 0 Å². The second-order valence-electron chi connectivity index (χ2n) is 5.02. The van der Waals surface area contributed by atoms with E-state index in [9.17, 15) is 0 Å². The van der Waals surface area contributed by atoms with E-state index in [0.717, 1.165) is 19.5 Å². The molecule has 3 nitrogen and oxygen atoms in total. The number of nitrogens with one attached hydrogen (secondary N) is 1. The van der Waals surface area contributed by atoms with E-state index >= 15 is 0 Å². The van der Waals surface area contributed by atoms with Crippen molar-refractivity contribution < 1.29 is 0 Å². The lowest BCUT2D eigenvalue weighted by atomic mass is 10.0. The first kappa shape index (κ1) is 15.4. The minimum absolute atomic E-state index is 0.508. The Balaban J connectivity index is 3.07. The first-order valence-electron chi connectivity index (χ1n) is 6.95. The van der Waals surface area contributed by atoms with Gasteiger partial charge in [0.1, 0.15) is 0 Å². The summed E-state index contributed by atoms with van der Waals surface area (Å²) in [6.07, 6.45) is 1.15. The molecular formula is C14H27N3S. The van der Waals surface area contributed by atoms with Crippen LogP contribution in [-0.4, -0.2) is 24.6 Å². The summed E-state index contributed by atoms with van der Waals surface area (Å²) < 4.78 is 0. The molecule has 1 heterocycles. The predicted octanol–water partition coefficient (Wildman–Crippen LogP) is 3.61. The fourth-order valence-electron chi connectivity index (χ4n) is 2.06. The van der Waals surface area contributed by atoms with E-state index in [2.05, 4.69) is 44.8 Å². The second-order valence-corrected chi connectivity index (χ2v) is 6.09. The Morgan fingerprint density at radius 3 is 2.39 bits per heavy atom. The lowest BCUT2D eigenvalue weighted by Crippen LogP contribution is -2.30. The monoisotopic (exact) mass is 269 g/mol. The normalized spacial score (nSPS) is 13.1. The first-order chi connectivity index (χ1) is 8.54. The molecule has 1 unspecified atom stereocenters. The molecule has 1 N–H and O–H groups in total. The van der Waals surface area contributed by atoms with E-state index in [0.29, 0.717) is 12.0 Å². The minimum Gasteiger partial charge on any atom is -0.346 e. The molecule has 0 amide bonds. The van der Waals surface area contributed by atoms with E-state index in [1.807, 2.05) is 18.4 Å². The highest BCUT2D eigenvalue weighted by Crippen LogP contribution is 2.32. The highest BCUT2D eigenvalue weighted by atomic mass is 32.1. The fourth-order valence-corrected chi connectivity index (χ4v) is 3.45. The molecule has 1 rings (SSSR count). The molecule has 104 valence electrons. The molecule has 0 aromatic carbocycles. The maximum Gasteiger partial charge on any atom is 0.186 e. The Morgan fingerprint density at radius 1 is 1.28 bits per heavy atom. The van der Waals surface area contributed by atoms with Gasteiger partial charge in [-0.2, -0.15) is 0 Å². The molecular weight excluding hydrogens is 242 g/mol. The van der Waals surface area contributed by atoms with Gasteiger partial charge in [0.2, 0.25) is 0 Å². The highest BCUT2D eigenvalue weighted by Gasteiger charge is 2.19. The van der Waals surface area contributed by atoms with Crippen LogP contribution in [0.1, 0.15) is 57.5 Å². The zero-order valence-corrected chi connectivity index (χ0v) is 13.4. The molecule has 4 heteroatoms. The first-order valence-corrected chi connectivity index (χ1v) is 7.77. The van der Waals surface area contributed by atoms with Gasteiger partial charge < -0.3 is 10.2 Å². The molecule has 0 saturated carbocycles. The van der Waals surface area contributed by atoms with E-state index < -0.39 is 0 Å². The lowest BCUT2D eigenvalue weighted by Gasteiger charge is -2.24. The molecule has 0 fully saturated rings. The number of thiazole rings is 1. The average Bonchev–Trinajstić information content (AvgIpc) is 2.73. The number of nitrogens with zero attached hydrogens (tertiary/aromatic N) is 2. The summed E-state index contributed by atoms with van der Waals surface area (Å²) in [6.45, 7) is 13.1. The van der Waals surface area contributed by atoms with E-state index in [1.165, 1.54) is 15.7 Å². The van der Waals surface area contributed by atoms with E-state index in [4.69, 9.17) is 4.98 Å².